The number of hydrogen-bond acceptors (Lipinski definition) is 4. The lowest BCUT2D eigenvalue weighted by Crippen LogP contribution is -2.22. The molecule has 5 heteroatoms. The second kappa shape index (κ2) is 7.54. The van der Waals surface area contributed by atoms with Crippen molar-refractivity contribution in [3.63, 3.8) is 0 Å². The predicted molar refractivity (Wildman–Crippen MR) is 95.4 cm³/mol. The van der Waals surface area contributed by atoms with E-state index in [0.29, 0.717) is 12.5 Å². The van der Waals surface area contributed by atoms with Gasteiger partial charge in [0.2, 0.25) is 5.88 Å². The average molecular weight is 330 g/mol. The zero-order valence-corrected chi connectivity index (χ0v) is 15.6. The Balaban J connectivity index is 0.00000106. The minimum Gasteiger partial charge on any atom is -0.478 e. The molecule has 0 saturated carbocycles. The van der Waals surface area contributed by atoms with Crippen LogP contribution in [0.25, 0.3) is 0 Å². The van der Waals surface area contributed by atoms with Crippen molar-refractivity contribution in [2.45, 2.75) is 56.9 Å². The third-order valence-corrected chi connectivity index (χ3v) is 7.90. The van der Waals surface area contributed by atoms with Gasteiger partial charge in [-0.15, -0.1) is 11.8 Å². The first-order valence-electron chi connectivity index (χ1n) is 7.50. The molecule has 3 nitrogen and oxygen atoms in total. The molecule has 1 aliphatic rings. The fourth-order valence-electron chi connectivity index (χ4n) is 2.15. The fraction of sp³-hybridized carbons (Fsp3) is 0.625. The number of aromatic nitrogens is 1. The van der Waals surface area contributed by atoms with E-state index in [4.69, 9.17) is 4.74 Å². The van der Waals surface area contributed by atoms with Crippen molar-refractivity contribution in [2.24, 2.45) is 0 Å². The first kappa shape index (κ1) is 18.4. The summed E-state index contributed by atoms with van der Waals surface area (Å²) in [6, 6.07) is 1.96. The lowest BCUT2D eigenvalue weighted by Gasteiger charge is -2.20. The maximum atomic E-state index is 12.8. The Labute approximate surface area is 133 Å². The molecular weight excluding hydrogens is 302 g/mol. The normalized spacial score (nSPS) is 19.5. The van der Waals surface area contributed by atoms with E-state index < -0.39 is 9.52 Å². The van der Waals surface area contributed by atoms with Gasteiger partial charge in [-0.3, -0.25) is 4.21 Å². The molecule has 2 unspecified atom stereocenters. The van der Waals surface area contributed by atoms with E-state index in [0.717, 1.165) is 21.9 Å². The standard InChI is InChI=1S/C14H21NO2S2.C2H6/c1-6-17-12-7-10(4)14-13(15-12)11(8-18-14)19(5,16)9(2)3;1-2/h7,9,11H,5-6,8H2,1-4H3;1-2H3. The Bertz CT molecular complexity index is 580. The van der Waals surface area contributed by atoms with Gasteiger partial charge in [0.1, 0.15) is 0 Å². The molecule has 21 heavy (non-hydrogen) atoms. The Morgan fingerprint density at radius 1 is 1.52 bits per heavy atom. The van der Waals surface area contributed by atoms with Gasteiger partial charge >= 0.3 is 0 Å². The number of fused-ring (bicyclic) bond motifs is 1. The molecule has 0 bridgehead atoms. The molecule has 2 heterocycles. The van der Waals surface area contributed by atoms with Crippen LogP contribution in [0.4, 0.5) is 0 Å². The molecule has 2 rings (SSSR count). The Hall–Kier alpha value is -0.680. The van der Waals surface area contributed by atoms with Crippen molar-refractivity contribution in [3.05, 3.63) is 17.3 Å². The number of ether oxygens (including phenoxy) is 1. The highest BCUT2D eigenvalue weighted by Crippen LogP contribution is 2.45. The van der Waals surface area contributed by atoms with Crippen molar-refractivity contribution < 1.29 is 8.95 Å². The molecule has 0 N–H and O–H groups in total. The summed E-state index contributed by atoms with van der Waals surface area (Å²) in [6.45, 7) is 12.5. The minimum atomic E-state index is -2.18. The van der Waals surface area contributed by atoms with Gasteiger partial charge in [-0.25, -0.2) is 4.98 Å². The van der Waals surface area contributed by atoms with Crippen LogP contribution in [0.1, 0.15) is 51.1 Å². The predicted octanol–water partition coefficient (Wildman–Crippen LogP) is 4.09. The highest BCUT2D eigenvalue weighted by Gasteiger charge is 2.34. The average Bonchev–Trinajstić information content (AvgIpc) is 2.86. The van der Waals surface area contributed by atoms with Gasteiger partial charge in [-0.05, 0) is 34.8 Å². The molecule has 0 spiro atoms. The summed E-state index contributed by atoms with van der Waals surface area (Å²) in [7, 11) is -2.18. The summed E-state index contributed by atoms with van der Waals surface area (Å²) >= 11 is 1.74. The molecule has 0 aliphatic carbocycles. The molecular formula is C16H27NO2S2. The van der Waals surface area contributed by atoms with Crippen LogP contribution in [0.15, 0.2) is 11.0 Å². The number of rotatable bonds is 4. The van der Waals surface area contributed by atoms with Gasteiger partial charge in [-0.1, -0.05) is 27.7 Å². The van der Waals surface area contributed by atoms with Gasteiger partial charge in [0.05, 0.1) is 17.6 Å². The Morgan fingerprint density at radius 3 is 2.67 bits per heavy atom. The molecule has 0 radical (unpaired) electrons. The molecule has 1 aromatic heterocycles. The molecule has 0 aromatic carbocycles. The zero-order valence-electron chi connectivity index (χ0n) is 13.9. The quantitative estimate of drug-likeness (QED) is 0.780. The monoisotopic (exact) mass is 329 g/mol. The first-order chi connectivity index (χ1) is 9.87. The van der Waals surface area contributed by atoms with Crippen molar-refractivity contribution >= 4 is 27.2 Å². The van der Waals surface area contributed by atoms with Crippen molar-refractivity contribution in [1.82, 2.24) is 4.98 Å². The summed E-state index contributed by atoms with van der Waals surface area (Å²) in [6.07, 6.45) is 0. The van der Waals surface area contributed by atoms with Gasteiger partial charge in [0.15, 0.2) is 0 Å². The first-order valence-corrected chi connectivity index (χ1v) is 10.3. The lowest BCUT2D eigenvalue weighted by atomic mass is 10.2. The zero-order chi connectivity index (χ0) is 16.2. The third-order valence-electron chi connectivity index (χ3n) is 3.42. The second-order valence-corrected chi connectivity index (χ2v) is 9.15. The molecule has 0 amide bonds. The molecule has 0 fully saturated rings. The summed E-state index contributed by atoms with van der Waals surface area (Å²) in [5, 5.41) is -0.00601. The summed E-state index contributed by atoms with van der Waals surface area (Å²) < 4.78 is 18.3. The molecule has 120 valence electrons. The molecule has 1 aromatic rings. The van der Waals surface area contributed by atoms with Crippen LogP contribution in [0, 0.1) is 6.92 Å². The van der Waals surface area contributed by atoms with Gasteiger partial charge in [-0.2, -0.15) is 0 Å². The van der Waals surface area contributed by atoms with Crippen LogP contribution >= 0.6 is 11.8 Å². The van der Waals surface area contributed by atoms with Crippen molar-refractivity contribution in [3.8, 4) is 5.88 Å². The van der Waals surface area contributed by atoms with E-state index in [1.807, 2.05) is 40.7 Å². The van der Waals surface area contributed by atoms with Gasteiger partial charge < -0.3 is 4.74 Å². The van der Waals surface area contributed by atoms with Crippen molar-refractivity contribution in [2.75, 3.05) is 12.4 Å². The second-order valence-electron chi connectivity index (χ2n) is 5.05. The number of aryl methyl sites for hydroxylation is 1. The van der Waals surface area contributed by atoms with Crippen LogP contribution in [0.2, 0.25) is 0 Å². The highest BCUT2D eigenvalue weighted by atomic mass is 32.2. The van der Waals surface area contributed by atoms with E-state index in [2.05, 4.69) is 17.8 Å². The van der Waals surface area contributed by atoms with Crippen LogP contribution in [-0.2, 0) is 9.52 Å². The van der Waals surface area contributed by atoms with E-state index >= 15 is 0 Å². The third kappa shape index (κ3) is 3.75. The van der Waals surface area contributed by atoms with Gasteiger partial charge in [0, 0.05) is 22.0 Å². The number of nitrogens with zero attached hydrogens (tertiary/aromatic N) is 1. The maximum absolute atomic E-state index is 12.8. The summed E-state index contributed by atoms with van der Waals surface area (Å²) in [5.74, 6) is 5.42. The maximum Gasteiger partial charge on any atom is 0.213 e. The smallest absolute Gasteiger partial charge is 0.213 e. The van der Waals surface area contributed by atoms with Crippen LogP contribution in [-0.4, -0.2) is 32.7 Å². The van der Waals surface area contributed by atoms with Gasteiger partial charge in [0.25, 0.3) is 0 Å². The van der Waals surface area contributed by atoms with E-state index in [1.165, 1.54) is 0 Å². The fourth-order valence-corrected chi connectivity index (χ4v) is 5.66. The SMILES string of the molecule is C=S(=O)(C(C)C)C1CSc2c(C)cc(OCC)nc21.CC. The topological polar surface area (TPSA) is 39.2 Å². The molecule has 2 atom stereocenters. The Morgan fingerprint density at radius 2 is 2.14 bits per heavy atom. The van der Waals surface area contributed by atoms with Crippen LogP contribution in [0.5, 0.6) is 5.88 Å². The van der Waals surface area contributed by atoms with E-state index in [-0.39, 0.29) is 10.5 Å². The summed E-state index contributed by atoms with van der Waals surface area (Å²) in [4.78, 5) is 5.73. The molecule has 1 aliphatic heterocycles. The van der Waals surface area contributed by atoms with Crippen LogP contribution < -0.4 is 4.74 Å². The van der Waals surface area contributed by atoms with Crippen LogP contribution in [0.3, 0.4) is 0 Å². The minimum absolute atomic E-state index is 0.0573. The highest BCUT2D eigenvalue weighted by molar-refractivity contribution is 8.04. The van der Waals surface area contributed by atoms with Crippen molar-refractivity contribution in [1.29, 1.82) is 0 Å². The summed E-state index contributed by atoms with van der Waals surface area (Å²) in [5.41, 5.74) is 2.07. The largest absolute Gasteiger partial charge is 0.478 e. The van der Waals surface area contributed by atoms with E-state index in [1.54, 1.807) is 11.8 Å². The number of pyridine rings is 1. The number of thioether (sulfide) groups is 1. The molecule has 0 saturated heterocycles. The van der Waals surface area contributed by atoms with E-state index in [9.17, 15) is 4.21 Å². The Kier molecular flexibility index (Phi) is 6.60. The lowest BCUT2D eigenvalue weighted by molar-refractivity contribution is 0.325. The number of hydrogen-bond donors (Lipinski definition) is 0.